The summed E-state index contributed by atoms with van der Waals surface area (Å²) in [5.41, 5.74) is -0.221. The predicted molar refractivity (Wildman–Crippen MR) is 82.3 cm³/mol. The van der Waals surface area contributed by atoms with Crippen molar-refractivity contribution in [3.63, 3.8) is 0 Å². The first-order valence-electron chi connectivity index (χ1n) is 7.78. The summed E-state index contributed by atoms with van der Waals surface area (Å²) < 4.78 is 0. The molecule has 0 atom stereocenters. The van der Waals surface area contributed by atoms with Crippen LogP contribution in [0.15, 0.2) is 0 Å². The molecule has 0 heterocycles. The SMILES string of the molecule is CC(C)N(C)CCCNC(=O)NCC1(CC(=O)O)CCC1. The van der Waals surface area contributed by atoms with Gasteiger partial charge in [0.2, 0.25) is 0 Å². The first-order chi connectivity index (χ1) is 9.84. The highest BCUT2D eigenvalue weighted by molar-refractivity contribution is 5.74. The Labute approximate surface area is 127 Å². The van der Waals surface area contributed by atoms with Crippen molar-refractivity contribution in [1.82, 2.24) is 15.5 Å². The molecule has 1 aliphatic carbocycles. The van der Waals surface area contributed by atoms with E-state index in [1.54, 1.807) is 0 Å². The lowest BCUT2D eigenvalue weighted by Gasteiger charge is -2.40. The zero-order valence-electron chi connectivity index (χ0n) is 13.4. The molecule has 21 heavy (non-hydrogen) atoms. The van der Waals surface area contributed by atoms with Crippen LogP contribution in [-0.2, 0) is 4.79 Å². The number of nitrogens with zero attached hydrogens (tertiary/aromatic N) is 1. The van der Waals surface area contributed by atoms with Crippen molar-refractivity contribution in [2.75, 3.05) is 26.7 Å². The van der Waals surface area contributed by atoms with Crippen LogP contribution in [0.4, 0.5) is 4.79 Å². The highest BCUT2D eigenvalue weighted by Crippen LogP contribution is 2.43. The molecule has 1 fully saturated rings. The molecule has 0 aliphatic heterocycles. The van der Waals surface area contributed by atoms with E-state index in [2.05, 4.69) is 36.4 Å². The van der Waals surface area contributed by atoms with Gasteiger partial charge in [0.05, 0.1) is 6.42 Å². The van der Waals surface area contributed by atoms with E-state index in [1.165, 1.54) is 0 Å². The lowest BCUT2D eigenvalue weighted by atomic mass is 9.66. The maximum absolute atomic E-state index is 11.7. The standard InChI is InChI=1S/C15H29N3O3/c1-12(2)18(3)9-5-8-16-14(21)17-11-15(6-4-7-15)10-13(19)20/h12H,4-11H2,1-3H3,(H,19,20)(H2,16,17,21). The number of urea groups is 1. The van der Waals surface area contributed by atoms with Crippen LogP contribution in [0.1, 0.15) is 46.0 Å². The Kier molecular flexibility index (Phi) is 6.95. The Morgan fingerprint density at radius 2 is 1.95 bits per heavy atom. The number of amides is 2. The number of aliphatic carboxylic acids is 1. The molecule has 0 aromatic rings. The molecule has 2 amide bonds. The van der Waals surface area contributed by atoms with E-state index < -0.39 is 5.97 Å². The van der Waals surface area contributed by atoms with Crippen LogP contribution in [0.3, 0.4) is 0 Å². The third-order valence-electron chi connectivity index (χ3n) is 4.42. The van der Waals surface area contributed by atoms with Crippen LogP contribution in [0.5, 0.6) is 0 Å². The smallest absolute Gasteiger partial charge is 0.314 e. The van der Waals surface area contributed by atoms with Crippen LogP contribution in [0, 0.1) is 5.41 Å². The molecule has 1 rings (SSSR count). The van der Waals surface area contributed by atoms with E-state index in [0.717, 1.165) is 32.2 Å². The first-order valence-corrected chi connectivity index (χ1v) is 7.78. The zero-order valence-corrected chi connectivity index (χ0v) is 13.4. The molecule has 1 saturated carbocycles. The summed E-state index contributed by atoms with van der Waals surface area (Å²) in [4.78, 5) is 24.8. The lowest BCUT2D eigenvalue weighted by Crippen LogP contribution is -2.46. The van der Waals surface area contributed by atoms with Gasteiger partial charge in [-0.3, -0.25) is 4.79 Å². The Bertz CT molecular complexity index is 354. The zero-order chi connectivity index (χ0) is 15.9. The second kappa shape index (κ2) is 8.22. The molecule has 0 spiro atoms. The number of nitrogens with one attached hydrogen (secondary N) is 2. The van der Waals surface area contributed by atoms with Crippen molar-refractivity contribution in [3.05, 3.63) is 0 Å². The van der Waals surface area contributed by atoms with Gasteiger partial charge in [0.15, 0.2) is 0 Å². The predicted octanol–water partition coefficient (Wildman–Crippen LogP) is 1.66. The molecule has 6 nitrogen and oxygen atoms in total. The fraction of sp³-hybridized carbons (Fsp3) is 0.867. The molecule has 3 N–H and O–H groups in total. The van der Waals surface area contributed by atoms with E-state index in [-0.39, 0.29) is 17.9 Å². The maximum atomic E-state index is 11.7. The monoisotopic (exact) mass is 299 g/mol. The van der Waals surface area contributed by atoms with Crippen molar-refractivity contribution in [2.45, 2.75) is 52.0 Å². The summed E-state index contributed by atoms with van der Waals surface area (Å²) in [6.07, 6.45) is 3.88. The third kappa shape index (κ3) is 6.33. The molecule has 0 aromatic carbocycles. The Morgan fingerprint density at radius 1 is 1.29 bits per heavy atom. The normalized spacial score (nSPS) is 16.6. The largest absolute Gasteiger partial charge is 0.481 e. The fourth-order valence-corrected chi connectivity index (χ4v) is 2.53. The number of carbonyl (C=O) groups is 2. The van der Waals surface area contributed by atoms with Gasteiger partial charge in [0.25, 0.3) is 0 Å². The minimum Gasteiger partial charge on any atom is -0.481 e. The fourth-order valence-electron chi connectivity index (χ4n) is 2.53. The number of hydrogen-bond donors (Lipinski definition) is 3. The maximum Gasteiger partial charge on any atom is 0.314 e. The highest BCUT2D eigenvalue weighted by Gasteiger charge is 2.39. The number of carboxylic acids is 1. The Hall–Kier alpha value is -1.30. The molecular formula is C15H29N3O3. The number of hydrogen-bond acceptors (Lipinski definition) is 3. The summed E-state index contributed by atoms with van der Waals surface area (Å²) in [5, 5.41) is 14.6. The van der Waals surface area contributed by atoms with Gasteiger partial charge in [-0.2, -0.15) is 0 Å². The van der Waals surface area contributed by atoms with Gasteiger partial charge >= 0.3 is 12.0 Å². The first kappa shape index (κ1) is 17.8. The van der Waals surface area contributed by atoms with Crippen LogP contribution in [0.2, 0.25) is 0 Å². The Morgan fingerprint density at radius 3 is 2.43 bits per heavy atom. The van der Waals surface area contributed by atoms with Gasteiger partial charge < -0.3 is 20.6 Å². The van der Waals surface area contributed by atoms with E-state index >= 15 is 0 Å². The van der Waals surface area contributed by atoms with Crippen molar-refractivity contribution in [1.29, 1.82) is 0 Å². The summed E-state index contributed by atoms with van der Waals surface area (Å²) in [7, 11) is 2.07. The van der Waals surface area contributed by atoms with Crippen molar-refractivity contribution in [3.8, 4) is 0 Å². The van der Waals surface area contributed by atoms with Gasteiger partial charge in [-0.15, -0.1) is 0 Å². The molecule has 1 aliphatic rings. The molecule has 0 bridgehead atoms. The highest BCUT2D eigenvalue weighted by atomic mass is 16.4. The minimum atomic E-state index is -0.784. The van der Waals surface area contributed by atoms with Crippen LogP contribution < -0.4 is 10.6 Å². The van der Waals surface area contributed by atoms with Gasteiger partial charge in [-0.1, -0.05) is 6.42 Å². The number of carbonyl (C=O) groups excluding carboxylic acids is 1. The number of carboxylic acid groups (broad SMARTS) is 1. The molecule has 6 heteroatoms. The molecule has 122 valence electrons. The lowest BCUT2D eigenvalue weighted by molar-refractivity contribution is -0.141. The van der Waals surface area contributed by atoms with Crippen molar-refractivity contribution in [2.24, 2.45) is 5.41 Å². The van der Waals surface area contributed by atoms with Crippen molar-refractivity contribution >= 4 is 12.0 Å². The van der Waals surface area contributed by atoms with Gasteiger partial charge in [0.1, 0.15) is 0 Å². The van der Waals surface area contributed by atoms with Gasteiger partial charge in [0, 0.05) is 19.1 Å². The van der Waals surface area contributed by atoms with E-state index in [1.807, 2.05) is 0 Å². The molecular weight excluding hydrogens is 270 g/mol. The third-order valence-corrected chi connectivity index (χ3v) is 4.42. The second-order valence-electron chi connectivity index (χ2n) is 6.46. The summed E-state index contributed by atoms with van der Waals surface area (Å²) in [6, 6.07) is 0.312. The number of rotatable bonds is 9. The molecule has 0 unspecified atom stereocenters. The van der Waals surface area contributed by atoms with E-state index in [0.29, 0.717) is 19.1 Å². The minimum absolute atomic E-state index is 0.145. The molecule has 0 saturated heterocycles. The van der Waals surface area contributed by atoms with E-state index in [4.69, 9.17) is 5.11 Å². The quantitative estimate of drug-likeness (QED) is 0.566. The van der Waals surface area contributed by atoms with Crippen LogP contribution >= 0.6 is 0 Å². The van der Waals surface area contributed by atoms with Crippen LogP contribution in [0.25, 0.3) is 0 Å². The summed E-state index contributed by atoms with van der Waals surface area (Å²) in [6.45, 7) is 6.31. The second-order valence-corrected chi connectivity index (χ2v) is 6.46. The average molecular weight is 299 g/mol. The average Bonchev–Trinajstić information content (AvgIpc) is 2.36. The van der Waals surface area contributed by atoms with Crippen molar-refractivity contribution < 1.29 is 14.7 Å². The summed E-state index contributed by atoms with van der Waals surface area (Å²) in [5.74, 6) is -0.784. The van der Waals surface area contributed by atoms with Gasteiger partial charge in [-0.25, -0.2) is 4.79 Å². The Balaban J connectivity index is 2.15. The summed E-state index contributed by atoms with van der Waals surface area (Å²) >= 11 is 0. The van der Waals surface area contributed by atoms with E-state index in [9.17, 15) is 9.59 Å². The van der Waals surface area contributed by atoms with Gasteiger partial charge in [-0.05, 0) is 52.1 Å². The molecule has 0 radical (unpaired) electrons. The topological polar surface area (TPSA) is 81.7 Å². The van der Waals surface area contributed by atoms with Crippen LogP contribution in [-0.4, -0.2) is 54.7 Å². The molecule has 0 aromatic heterocycles.